The molecule has 128 valence electrons. The second kappa shape index (κ2) is 9.18. The highest BCUT2D eigenvalue weighted by atomic mass is 35.5. The molecule has 0 aliphatic heterocycles. The predicted octanol–water partition coefficient (Wildman–Crippen LogP) is 4.13. The highest BCUT2D eigenvalue weighted by molar-refractivity contribution is 6.31. The topological polar surface area (TPSA) is 47.6 Å². The summed E-state index contributed by atoms with van der Waals surface area (Å²) in [7, 11) is 1.62. The molecular formula is C19H22ClNO3. The quantitative estimate of drug-likeness (QED) is 0.730. The number of rotatable bonds is 8. The second-order valence-corrected chi connectivity index (χ2v) is 5.86. The number of benzene rings is 2. The Morgan fingerprint density at radius 1 is 1.21 bits per heavy atom. The molecule has 5 heteroatoms. The van der Waals surface area contributed by atoms with Gasteiger partial charge in [-0.15, -0.1) is 0 Å². The molecule has 0 fully saturated rings. The molecule has 1 N–H and O–H groups in total. The van der Waals surface area contributed by atoms with Crippen molar-refractivity contribution in [2.24, 2.45) is 0 Å². The van der Waals surface area contributed by atoms with Gasteiger partial charge in [-0.3, -0.25) is 4.79 Å². The standard InChI is InChI=1S/C19H22ClNO3/c1-14-12-16(9-10-17(14)20)24-11-5-8-19(22)21-13-15-6-3-4-7-18(15)23-2/h3-4,6-7,9-10,12H,5,8,11,13H2,1-2H3,(H,21,22). The number of para-hydroxylation sites is 1. The van der Waals surface area contributed by atoms with E-state index in [1.54, 1.807) is 7.11 Å². The minimum Gasteiger partial charge on any atom is -0.496 e. The molecule has 2 aromatic carbocycles. The van der Waals surface area contributed by atoms with E-state index in [-0.39, 0.29) is 5.91 Å². The van der Waals surface area contributed by atoms with Crippen molar-refractivity contribution in [3.8, 4) is 11.5 Å². The van der Waals surface area contributed by atoms with Gasteiger partial charge < -0.3 is 14.8 Å². The van der Waals surface area contributed by atoms with Gasteiger partial charge in [0.2, 0.25) is 5.91 Å². The van der Waals surface area contributed by atoms with Crippen LogP contribution in [-0.2, 0) is 11.3 Å². The average molecular weight is 348 g/mol. The first-order chi connectivity index (χ1) is 11.6. The van der Waals surface area contributed by atoms with Crippen LogP contribution >= 0.6 is 11.6 Å². The lowest BCUT2D eigenvalue weighted by molar-refractivity contribution is -0.121. The molecular weight excluding hydrogens is 326 g/mol. The van der Waals surface area contributed by atoms with Gasteiger partial charge >= 0.3 is 0 Å². The van der Waals surface area contributed by atoms with Gasteiger partial charge in [-0.1, -0.05) is 29.8 Å². The molecule has 0 aliphatic rings. The number of halogens is 1. The lowest BCUT2D eigenvalue weighted by Crippen LogP contribution is -2.23. The molecule has 0 radical (unpaired) electrons. The number of amides is 1. The van der Waals surface area contributed by atoms with Crippen LogP contribution in [0.25, 0.3) is 0 Å². The van der Waals surface area contributed by atoms with Crippen LogP contribution in [0.5, 0.6) is 11.5 Å². The Morgan fingerprint density at radius 3 is 2.75 bits per heavy atom. The molecule has 0 saturated heterocycles. The Hall–Kier alpha value is -2.20. The van der Waals surface area contributed by atoms with Crippen LogP contribution in [0.4, 0.5) is 0 Å². The molecule has 4 nitrogen and oxygen atoms in total. The van der Waals surface area contributed by atoms with Gasteiger partial charge in [-0.05, 0) is 43.2 Å². The molecule has 1 amide bonds. The molecule has 0 saturated carbocycles. The zero-order valence-corrected chi connectivity index (χ0v) is 14.7. The number of hydrogen-bond acceptors (Lipinski definition) is 3. The molecule has 0 aromatic heterocycles. The van der Waals surface area contributed by atoms with Gasteiger partial charge in [0.25, 0.3) is 0 Å². The van der Waals surface area contributed by atoms with E-state index < -0.39 is 0 Å². The first-order valence-electron chi connectivity index (χ1n) is 7.87. The number of carbonyl (C=O) groups excluding carboxylic acids is 1. The zero-order chi connectivity index (χ0) is 17.4. The fourth-order valence-electron chi connectivity index (χ4n) is 2.26. The highest BCUT2D eigenvalue weighted by Crippen LogP contribution is 2.21. The first-order valence-corrected chi connectivity index (χ1v) is 8.25. The minimum atomic E-state index is -0.00297. The second-order valence-electron chi connectivity index (χ2n) is 5.45. The van der Waals surface area contributed by atoms with Crippen molar-refractivity contribution < 1.29 is 14.3 Å². The van der Waals surface area contributed by atoms with Crippen molar-refractivity contribution in [3.05, 3.63) is 58.6 Å². The molecule has 2 aromatic rings. The number of aryl methyl sites for hydroxylation is 1. The van der Waals surface area contributed by atoms with E-state index in [1.807, 2.05) is 49.4 Å². The molecule has 0 unspecified atom stereocenters. The summed E-state index contributed by atoms with van der Waals surface area (Å²) in [5.74, 6) is 1.54. The Bertz CT molecular complexity index is 688. The SMILES string of the molecule is COc1ccccc1CNC(=O)CCCOc1ccc(Cl)c(C)c1. The maximum atomic E-state index is 11.9. The lowest BCUT2D eigenvalue weighted by atomic mass is 10.2. The summed E-state index contributed by atoms with van der Waals surface area (Å²) in [4.78, 5) is 11.9. The Kier molecular flexibility index (Phi) is 6.94. The number of methoxy groups -OCH3 is 1. The molecule has 0 spiro atoms. The number of hydrogen-bond donors (Lipinski definition) is 1. The van der Waals surface area contributed by atoms with Gasteiger partial charge in [0, 0.05) is 23.6 Å². The average Bonchev–Trinajstić information content (AvgIpc) is 2.60. The van der Waals surface area contributed by atoms with Gasteiger partial charge in [-0.25, -0.2) is 0 Å². The van der Waals surface area contributed by atoms with Crippen molar-refractivity contribution in [2.45, 2.75) is 26.3 Å². The van der Waals surface area contributed by atoms with Gasteiger partial charge in [0.1, 0.15) is 11.5 Å². The number of carbonyl (C=O) groups is 1. The summed E-state index contributed by atoms with van der Waals surface area (Å²) in [6, 6.07) is 13.2. The zero-order valence-electron chi connectivity index (χ0n) is 14.0. The maximum Gasteiger partial charge on any atom is 0.220 e. The third-order valence-corrected chi connectivity index (χ3v) is 4.04. The van der Waals surface area contributed by atoms with Crippen LogP contribution in [-0.4, -0.2) is 19.6 Å². The van der Waals surface area contributed by atoms with E-state index >= 15 is 0 Å². The molecule has 0 heterocycles. The Morgan fingerprint density at radius 2 is 2.00 bits per heavy atom. The summed E-state index contributed by atoms with van der Waals surface area (Å²) < 4.78 is 10.9. The van der Waals surface area contributed by atoms with Crippen molar-refractivity contribution in [2.75, 3.05) is 13.7 Å². The van der Waals surface area contributed by atoms with Crippen LogP contribution in [0.15, 0.2) is 42.5 Å². The molecule has 2 rings (SSSR count). The minimum absolute atomic E-state index is 0.00297. The summed E-state index contributed by atoms with van der Waals surface area (Å²) >= 11 is 5.97. The fourth-order valence-corrected chi connectivity index (χ4v) is 2.38. The smallest absolute Gasteiger partial charge is 0.220 e. The number of nitrogens with one attached hydrogen (secondary N) is 1. The maximum absolute atomic E-state index is 11.9. The van der Waals surface area contributed by atoms with E-state index in [0.29, 0.717) is 26.0 Å². The van der Waals surface area contributed by atoms with Crippen LogP contribution in [0.2, 0.25) is 5.02 Å². The summed E-state index contributed by atoms with van der Waals surface area (Å²) in [5.41, 5.74) is 1.94. The summed E-state index contributed by atoms with van der Waals surface area (Å²) in [5, 5.41) is 3.62. The predicted molar refractivity (Wildman–Crippen MR) is 95.8 cm³/mol. The fraction of sp³-hybridized carbons (Fsp3) is 0.316. The van der Waals surface area contributed by atoms with E-state index in [2.05, 4.69) is 5.32 Å². The summed E-state index contributed by atoms with van der Waals surface area (Å²) in [6.07, 6.45) is 1.07. The third-order valence-electron chi connectivity index (χ3n) is 3.61. The van der Waals surface area contributed by atoms with E-state index in [4.69, 9.17) is 21.1 Å². The Balaban J connectivity index is 1.69. The molecule has 0 bridgehead atoms. The van der Waals surface area contributed by atoms with E-state index in [0.717, 1.165) is 27.6 Å². The largest absolute Gasteiger partial charge is 0.496 e. The van der Waals surface area contributed by atoms with Gasteiger partial charge in [0.15, 0.2) is 0 Å². The Labute approximate surface area is 147 Å². The van der Waals surface area contributed by atoms with Crippen LogP contribution in [0.3, 0.4) is 0 Å². The van der Waals surface area contributed by atoms with Crippen LogP contribution in [0.1, 0.15) is 24.0 Å². The molecule has 0 atom stereocenters. The normalized spacial score (nSPS) is 10.3. The van der Waals surface area contributed by atoms with Crippen LogP contribution in [0, 0.1) is 6.92 Å². The monoisotopic (exact) mass is 347 g/mol. The summed E-state index contributed by atoms with van der Waals surface area (Å²) in [6.45, 7) is 2.88. The third kappa shape index (κ3) is 5.46. The van der Waals surface area contributed by atoms with Gasteiger partial charge in [0.05, 0.1) is 13.7 Å². The molecule has 24 heavy (non-hydrogen) atoms. The lowest BCUT2D eigenvalue weighted by Gasteiger charge is -2.10. The molecule has 0 aliphatic carbocycles. The van der Waals surface area contributed by atoms with Crippen LogP contribution < -0.4 is 14.8 Å². The van der Waals surface area contributed by atoms with E-state index in [1.165, 1.54) is 0 Å². The first kappa shape index (κ1) is 18.1. The van der Waals surface area contributed by atoms with E-state index in [9.17, 15) is 4.79 Å². The van der Waals surface area contributed by atoms with Crippen molar-refractivity contribution in [1.29, 1.82) is 0 Å². The number of ether oxygens (including phenoxy) is 2. The van der Waals surface area contributed by atoms with Crippen molar-refractivity contribution in [1.82, 2.24) is 5.32 Å². The van der Waals surface area contributed by atoms with Crippen molar-refractivity contribution >= 4 is 17.5 Å². The van der Waals surface area contributed by atoms with Gasteiger partial charge in [-0.2, -0.15) is 0 Å². The highest BCUT2D eigenvalue weighted by Gasteiger charge is 2.05. The van der Waals surface area contributed by atoms with Crippen molar-refractivity contribution in [3.63, 3.8) is 0 Å².